The molecular weight excluding hydrogens is 171 g/mol. The lowest BCUT2D eigenvalue weighted by molar-refractivity contribution is 0.750. The lowest BCUT2D eigenvalue weighted by atomic mass is 10.4. The number of aliphatic imine (C=N–C) groups is 1. The minimum atomic E-state index is 0.470. The molecule has 0 fully saturated rings. The van der Waals surface area contributed by atoms with Crippen molar-refractivity contribution < 1.29 is 0 Å². The first-order chi connectivity index (χ1) is 4.79. The number of allylic oxidation sites excluding steroid dienone is 1. The van der Waals surface area contributed by atoms with Gasteiger partial charge in [0.15, 0.2) is 0 Å². The summed E-state index contributed by atoms with van der Waals surface area (Å²) in [7, 11) is 0. The highest BCUT2D eigenvalue weighted by atomic mass is 35.5. The van der Waals surface area contributed by atoms with Gasteiger partial charge >= 0.3 is 0 Å². The molecule has 0 aromatic carbocycles. The topological polar surface area (TPSA) is 24.4 Å². The summed E-state index contributed by atoms with van der Waals surface area (Å²) in [6, 6.07) is 0. The third kappa shape index (κ3) is 2.58. The van der Waals surface area contributed by atoms with E-state index in [1.807, 2.05) is 0 Å². The van der Waals surface area contributed by atoms with Gasteiger partial charge in [-0.05, 0) is 6.42 Å². The molecule has 0 aromatic rings. The molecule has 0 unspecified atom stereocenters. The molecule has 56 valence electrons. The van der Waals surface area contributed by atoms with Crippen LogP contribution in [0, 0.1) is 0 Å². The monoisotopic (exact) mass is 178 g/mol. The standard InChI is InChI=1S/C6H8Cl2N2/c7-5-4-6(8)10-3-1-2-9-5/h4,9H,1-3H2. The Labute approximate surface area is 69.9 Å². The van der Waals surface area contributed by atoms with Gasteiger partial charge in [0.2, 0.25) is 0 Å². The summed E-state index contributed by atoms with van der Waals surface area (Å²) in [5.41, 5.74) is 0. The Morgan fingerprint density at radius 1 is 1.50 bits per heavy atom. The highest BCUT2D eigenvalue weighted by molar-refractivity contribution is 6.69. The molecule has 0 saturated heterocycles. The van der Waals surface area contributed by atoms with Gasteiger partial charge in [-0.2, -0.15) is 0 Å². The summed E-state index contributed by atoms with van der Waals surface area (Å²) < 4.78 is 0. The van der Waals surface area contributed by atoms with E-state index in [0.29, 0.717) is 10.3 Å². The fraction of sp³-hybridized carbons (Fsp3) is 0.500. The summed E-state index contributed by atoms with van der Waals surface area (Å²) >= 11 is 11.3. The zero-order valence-corrected chi connectivity index (χ0v) is 6.91. The van der Waals surface area contributed by atoms with Crippen LogP contribution in [0.2, 0.25) is 0 Å². The van der Waals surface area contributed by atoms with Crippen molar-refractivity contribution >= 4 is 28.4 Å². The van der Waals surface area contributed by atoms with Crippen molar-refractivity contribution in [2.24, 2.45) is 4.99 Å². The van der Waals surface area contributed by atoms with Crippen molar-refractivity contribution in [2.45, 2.75) is 6.42 Å². The predicted octanol–water partition coefficient (Wildman–Crippen LogP) is 1.70. The first kappa shape index (κ1) is 7.89. The van der Waals surface area contributed by atoms with Crippen LogP contribution in [-0.2, 0) is 0 Å². The van der Waals surface area contributed by atoms with Gasteiger partial charge in [0.1, 0.15) is 10.3 Å². The summed E-state index contributed by atoms with van der Waals surface area (Å²) in [5.74, 6) is 0. The van der Waals surface area contributed by atoms with Crippen LogP contribution in [0.25, 0.3) is 0 Å². The molecule has 0 radical (unpaired) electrons. The summed E-state index contributed by atoms with van der Waals surface area (Å²) in [4.78, 5) is 4.02. The summed E-state index contributed by atoms with van der Waals surface area (Å²) in [6.07, 6.45) is 2.59. The largest absolute Gasteiger partial charge is 0.376 e. The van der Waals surface area contributed by atoms with Crippen molar-refractivity contribution in [3.8, 4) is 0 Å². The normalized spacial score (nSPS) is 19.8. The first-order valence-corrected chi connectivity index (χ1v) is 3.85. The van der Waals surface area contributed by atoms with Crippen molar-refractivity contribution in [2.75, 3.05) is 13.1 Å². The van der Waals surface area contributed by atoms with Crippen molar-refractivity contribution in [1.29, 1.82) is 0 Å². The van der Waals surface area contributed by atoms with Crippen LogP contribution < -0.4 is 5.32 Å². The van der Waals surface area contributed by atoms with Crippen LogP contribution in [0.4, 0.5) is 0 Å². The molecule has 2 nitrogen and oxygen atoms in total. The van der Waals surface area contributed by atoms with Crippen LogP contribution >= 0.6 is 23.2 Å². The first-order valence-electron chi connectivity index (χ1n) is 3.10. The average molecular weight is 179 g/mol. The fourth-order valence-electron chi connectivity index (χ4n) is 0.674. The highest BCUT2D eigenvalue weighted by Crippen LogP contribution is 2.02. The maximum Gasteiger partial charge on any atom is 0.126 e. The van der Waals surface area contributed by atoms with E-state index in [4.69, 9.17) is 23.2 Å². The van der Waals surface area contributed by atoms with E-state index < -0.39 is 0 Å². The number of nitrogens with zero attached hydrogens (tertiary/aromatic N) is 1. The van der Waals surface area contributed by atoms with Gasteiger partial charge in [-0.25, -0.2) is 0 Å². The molecule has 1 heterocycles. The Morgan fingerprint density at radius 2 is 2.30 bits per heavy atom. The Bertz CT molecular complexity index is 175. The Kier molecular flexibility index (Phi) is 3.03. The molecule has 1 N–H and O–H groups in total. The van der Waals surface area contributed by atoms with E-state index in [0.717, 1.165) is 19.5 Å². The third-order valence-electron chi connectivity index (χ3n) is 1.14. The third-order valence-corrected chi connectivity index (χ3v) is 1.61. The maximum atomic E-state index is 5.67. The van der Waals surface area contributed by atoms with Gasteiger partial charge in [-0.1, -0.05) is 23.2 Å². The Balaban J connectivity index is 2.63. The minimum absolute atomic E-state index is 0.470. The summed E-state index contributed by atoms with van der Waals surface area (Å²) in [6.45, 7) is 1.63. The quantitative estimate of drug-likeness (QED) is 0.562. The van der Waals surface area contributed by atoms with Gasteiger partial charge < -0.3 is 5.32 Å². The molecule has 0 spiro atoms. The Morgan fingerprint density at radius 3 is 3.10 bits per heavy atom. The van der Waals surface area contributed by atoms with Gasteiger partial charge in [-0.3, -0.25) is 4.99 Å². The Hall–Kier alpha value is -0.210. The van der Waals surface area contributed by atoms with Crippen LogP contribution in [0.5, 0.6) is 0 Å². The second-order valence-corrected chi connectivity index (χ2v) is 2.77. The van der Waals surface area contributed by atoms with E-state index in [2.05, 4.69) is 10.3 Å². The second-order valence-electron chi connectivity index (χ2n) is 1.98. The summed E-state index contributed by atoms with van der Waals surface area (Å²) in [5, 5.41) is 4.01. The molecule has 0 aliphatic carbocycles. The molecule has 1 aliphatic heterocycles. The number of halogens is 2. The highest BCUT2D eigenvalue weighted by Gasteiger charge is 1.97. The van der Waals surface area contributed by atoms with E-state index in [1.54, 1.807) is 6.08 Å². The van der Waals surface area contributed by atoms with Gasteiger partial charge in [0.25, 0.3) is 0 Å². The number of rotatable bonds is 0. The van der Waals surface area contributed by atoms with E-state index >= 15 is 0 Å². The fourth-order valence-corrected chi connectivity index (χ4v) is 1.12. The lowest BCUT2D eigenvalue weighted by Crippen LogP contribution is -2.14. The number of hydrogen-bond donors (Lipinski definition) is 1. The van der Waals surface area contributed by atoms with Gasteiger partial charge in [0.05, 0.1) is 0 Å². The second kappa shape index (κ2) is 3.84. The van der Waals surface area contributed by atoms with E-state index in [1.165, 1.54) is 0 Å². The van der Waals surface area contributed by atoms with Crippen molar-refractivity contribution in [3.05, 3.63) is 11.2 Å². The van der Waals surface area contributed by atoms with Crippen molar-refractivity contribution in [3.63, 3.8) is 0 Å². The van der Waals surface area contributed by atoms with Crippen LogP contribution in [0.1, 0.15) is 6.42 Å². The van der Waals surface area contributed by atoms with E-state index in [9.17, 15) is 0 Å². The molecule has 0 saturated carbocycles. The average Bonchev–Trinajstić information content (AvgIpc) is 1.83. The van der Waals surface area contributed by atoms with Crippen molar-refractivity contribution in [1.82, 2.24) is 5.32 Å². The molecule has 0 atom stereocenters. The molecule has 10 heavy (non-hydrogen) atoms. The van der Waals surface area contributed by atoms with Crippen LogP contribution in [0.15, 0.2) is 16.2 Å². The molecule has 0 aromatic heterocycles. The van der Waals surface area contributed by atoms with E-state index in [-0.39, 0.29) is 0 Å². The zero-order chi connectivity index (χ0) is 7.40. The van der Waals surface area contributed by atoms with Gasteiger partial charge in [-0.15, -0.1) is 0 Å². The van der Waals surface area contributed by atoms with Gasteiger partial charge in [0, 0.05) is 19.2 Å². The molecule has 0 amide bonds. The zero-order valence-electron chi connectivity index (χ0n) is 5.40. The number of nitrogens with one attached hydrogen (secondary N) is 1. The SMILES string of the molecule is ClC1=CC(Cl)=NCCCN1. The molecule has 1 aliphatic rings. The number of hydrogen-bond acceptors (Lipinski definition) is 2. The molecule has 0 bridgehead atoms. The van der Waals surface area contributed by atoms with Crippen LogP contribution in [0.3, 0.4) is 0 Å². The minimum Gasteiger partial charge on any atom is -0.376 e. The molecule has 4 heteroatoms. The lowest BCUT2D eigenvalue weighted by Gasteiger charge is -2.05. The molecule has 1 rings (SSSR count). The van der Waals surface area contributed by atoms with Crippen LogP contribution in [-0.4, -0.2) is 18.3 Å². The maximum absolute atomic E-state index is 5.67. The smallest absolute Gasteiger partial charge is 0.126 e. The molecular formula is C6H8Cl2N2. The predicted molar refractivity (Wildman–Crippen MR) is 44.7 cm³/mol.